The number of carboxylic acid groups (broad SMARTS) is 1. The molecule has 0 spiro atoms. The lowest BCUT2D eigenvalue weighted by molar-refractivity contribution is -0.145. The number of rotatable bonds is 4. The Bertz CT molecular complexity index is 335. The maximum Gasteiger partial charge on any atom is 0.323 e. The fourth-order valence-corrected chi connectivity index (χ4v) is 2.06. The van der Waals surface area contributed by atoms with Crippen LogP contribution in [0, 0.1) is 18.3 Å². The van der Waals surface area contributed by atoms with Gasteiger partial charge in [0.1, 0.15) is 6.54 Å². The Balaban J connectivity index is 2.69. The van der Waals surface area contributed by atoms with Crippen LogP contribution < -0.4 is 5.32 Å². The number of carbonyl (C=O) groups excluding carboxylic acids is 1. The van der Waals surface area contributed by atoms with Crippen molar-refractivity contribution in [2.75, 3.05) is 19.6 Å². The minimum Gasteiger partial charge on any atom is -0.480 e. The average Bonchev–Trinajstić information content (AvgIpc) is 2.28. The molecule has 0 radical (unpaired) electrons. The van der Waals surface area contributed by atoms with Gasteiger partial charge in [0.05, 0.1) is 12.6 Å². The van der Waals surface area contributed by atoms with E-state index in [9.17, 15) is 9.59 Å². The standard InChI is InChI=1S/C12H18N2O3/c1-3-7-14(8-10(15)16)12(17)11-9(2)5-4-6-13-11/h1,9,11,13H,4-8H2,2H3,(H,15,16). The van der Waals surface area contributed by atoms with Crippen LogP contribution in [0.1, 0.15) is 19.8 Å². The van der Waals surface area contributed by atoms with Crippen LogP contribution in [0.4, 0.5) is 0 Å². The van der Waals surface area contributed by atoms with Crippen molar-refractivity contribution in [3.63, 3.8) is 0 Å². The van der Waals surface area contributed by atoms with E-state index in [0.717, 1.165) is 19.4 Å². The number of amides is 1. The number of hydrogen-bond acceptors (Lipinski definition) is 3. The summed E-state index contributed by atoms with van der Waals surface area (Å²) in [5.41, 5.74) is 0. The molecule has 0 aromatic rings. The first kappa shape index (κ1) is 13.5. The Morgan fingerprint density at radius 1 is 1.59 bits per heavy atom. The van der Waals surface area contributed by atoms with E-state index in [2.05, 4.69) is 11.2 Å². The van der Waals surface area contributed by atoms with Gasteiger partial charge in [-0.25, -0.2) is 0 Å². The summed E-state index contributed by atoms with van der Waals surface area (Å²) in [5.74, 6) is 1.28. The molecule has 17 heavy (non-hydrogen) atoms. The van der Waals surface area contributed by atoms with Gasteiger partial charge in [-0.3, -0.25) is 9.59 Å². The van der Waals surface area contributed by atoms with Crippen LogP contribution >= 0.6 is 0 Å². The Hall–Kier alpha value is -1.54. The molecule has 1 fully saturated rings. The Labute approximate surface area is 101 Å². The third kappa shape index (κ3) is 3.75. The Morgan fingerprint density at radius 3 is 2.82 bits per heavy atom. The van der Waals surface area contributed by atoms with E-state index in [0.29, 0.717) is 0 Å². The highest BCUT2D eigenvalue weighted by molar-refractivity contribution is 5.86. The van der Waals surface area contributed by atoms with Gasteiger partial charge in [0, 0.05) is 0 Å². The van der Waals surface area contributed by atoms with Crippen molar-refractivity contribution in [3.05, 3.63) is 0 Å². The van der Waals surface area contributed by atoms with Crippen LogP contribution in [0.5, 0.6) is 0 Å². The summed E-state index contributed by atoms with van der Waals surface area (Å²) in [6.45, 7) is 2.48. The zero-order chi connectivity index (χ0) is 12.8. The van der Waals surface area contributed by atoms with E-state index in [-0.39, 0.29) is 31.0 Å². The molecule has 5 heteroatoms. The maximum atomic E-state index is 12.1. The fourth-order valence-electron chi connectivity index (χ4n) is 2.06. The van der Waals surface area contributed by atoms with Gasteiger partial charge in [-0.15, -0.1) is 6.42 Å². The number of nitrogens with zero attached hydrogens (tertiary/aromatic N) is 1. The number of carboxylic acids is 1. The highest BCUT2D eigenvalue weighted by atomic mass is 16.4. The molecule has 1 rings (SSSR count). The first-order valence-corrected chi connectivity index (χ1v) is 5.73. The first-order valence-electron chi connectivity index (χ1n) is 5.73. The largest absolute Gasteiger partial charge is 0.480 e. The van der Waals surface area contributed by atoms with Crippen LogP contribution in [-0.2, 0) is 9.59 Å². The van der Waals surface area contributed by atoms with Crippen LogP contribution in [-0.4, -0.2) is 47.6 Å². The highest BCUT2D eigenvalue weighted by Gasteiger charge is 2.31. The normalized spacial score (nSPS) is 23.8. The lowest BCUT2D eigenvalue weighted by atomic mass is 9.92. The van der Waals surface area contributed by atoms with Gasteiger partial charge in [-0.2, -0.15) is 0 Å². The van der Waals surface area contributed by atoms with Crippen molar-refractivity contribution in [1.29, 1.82) is 0 Å². The molecule has 1 aliphatic rings. The SMILES string of the molecule is C#CCN(CC(=O)O)C(=O)C1NCCCC1C. The maximum absolute atomic E-state index is 12.1. The third-order valence-electron chi connectivity index (χ3n) is 2.96. The van der Waals surface area contributed by atoms with Crippen LogP contribution in [0.15, 0.2) is 0 Å². The van der Waals surface area contributed by atoms with Crippen LogP contribution in [0.3, 0.4) is 0 Å². The van der Waals surface area contributed by atoms with Gasteiger partial charge in [-0.05, 0) is 25.3 Å². The van der Waals surface area contributed by atoms with Crippen molar-refractivity contribution >= 4 is 11.9 Å². The minimum absolute atomic E-state index is 0.0377. The van der Waals surface area contributed by atoms with E-state index in [1.54, 1.807) is 0 Å². The molecule has 1 heterocycles. The predicted molar refractivity (Wildman–Crippen MR) is 63.2 cm³/mol. The Kier molecular flexibility index (Phi) is 4.98. The van der Waals surface area contributed by atoms with Crippen molar-refractivity contribution in [2.24, 2.45) is 5.92 Å². The van der Waals surface area contributed by atoms with Gasteiger partial charge in [0.2, 0.25) is 5.91 Å². The zero-order valence-corrected chi connectivity index (χ0v) is 9.98. The number of carbonyl (C=O) groups is 2. The molecule has 0 saturated carbocycles. The van der Waals surface area contributed by atoms with Crippen molar-refractivity contribution in [3.8, 4) is 12.3 Å². The second-order valence-corrected chi connectivity index (χ2v) is 4.34. The second kappa shape index (κ2) is 6.26. The lowest BCUT2D eigenvalue weighted by Gasteiger charge is -2.32. The predicted octanol–water partition coefficient (Wildman–Crippen LogP) is -0.0791. The molecule has 0 bridgehead atoms. The van der Waals surface area contributed by atoms with E-state index in [1.807, 2.05) is 6.92 Å². The number of piperidine rings is 1. The molecule has 0 aromatic heterocycles. The molecular weight excluding hydrogens is 220 g/mol. The molecule has 2 atom stereocenters. The number of nitrogens with one attached hydrogen (secondary N) is 1. The van der Waals surface area contributed by atoms with E-state index in [4.69, 9.17) is 11.5 Å². The summed E-state index contributed by atoms with van der Waals surface area (Å²) in [6, 6.07) is -0.309. The molecule has 5 nitrogen and oxygen atoms in total. The molecule has 1 amide bonds. The van der Waals surface area contributed by atoms with Crippen molar-refractivity contribution in [1.82, 2.24) is 10.2 Å². The topological polar surface area (TPSA) is 69.6 Å². The molecule has 1 saturated heterocycles. The highest BCUT2D eigenvalue weighted by Crippen LogP contribution is 2.17. The summed E-state index contributed by atoms with van der Waals surface area (Å²) in [7, 11) is 0. The summed E-state index contributed by atoms with van der Waals surface area (Å²) >= 11 is 0. The smallest absolute Gasteiger partial charge is 0.323 e. The summed E-state index contributed by atoms with van der Waals surface area (Å²) < 4.78 is 0. The molecule has 1 aliphatic heterocycles. The quantitative estimate of drug-likeness (QED) is 0.672. The summed E-state index contributed by atoms with van der Waals surface area (Å²) in [5, 5.41) is 11.9. The van der Waals surface area contributed by atoms with Gasteiger partial charge in [-0.1, -0.05) is 12.8 Å². The average molecular weight is 238 g/mol. The van der Waals surface area contributed by atoms with Crippen LogP contribution in [0.2, 0.25) is 0 Å². The van der Waals surface area contributed by atoms with Gasteiger partial charge in [0.15, 0.2) is 0 Å². The van der Waals surface area contributed by atoms with Crippen molar-refractivity contribution in [2.45, 2.75) is 25.8 Å². The molecule has 2 N–H and O–H groups in total. The van der Waals surface area contributed by atoms with Gasteiger partial charge < -0.3 is 15.3 Å². The molecular formula is C12H18N2O3. The van der Waals surface area contributed by atoms with Gasteiger partial charge in [0.25, 0.3) is 0 Å². The van der Waals surface area contributed by atoms with Crippen LogP contribution in [0.25, 0.3) is 0 Å². The molecule has 0 aromatic carbocycles. The Morgan fingerprint density at radius 2 is 2.29 bits per heavy atom. The number of aliphatic carboxylic acids is 1. The zero-order valence-electron chi connectivity index (χ0n) is 9.98. The van der Waals surface area contributed by atoms with E-state index in [1.165, 1.54) is 4.90 Å². The third-order valence-corrected chi connectivity index (χ3v) is 2.96. The summed E-state index contributed by atoms with van der Waals surface area (Å²) in [4.78, 5) is 24.0. The molecule has 2 unspecified atom stereocenters. The number of terminal acetylenes is 1. The second-order valence-electron chi connectivity index (χ2n) is 4.34. The monoisotopic (exact) mass is 238 g/mol. The fraction of sp³-hybridized carbons (Fsp3) is 0.667. The lowest BCUT2D eigenvalue weighted by Crippen LogP contribution is -2.53. The van der Waals surface area contributed by atoms with Gasteiger partial charge >= 0.3 is 5.97 Å². The van der Waals surface area contributed by atoms with E-state index < -0.39 is 5.97 Å². The molecule has 94 valence electrons. The summed E-state index contributed by atoms with van der Waals surface area (Å²) in [6.07, 6.45) is 7.16. The first-order chi connectivity index (χ1) is 8.06. The minimum atomic E-state index is -1.04. The van der Waals surface area contributed by atoms with Crippen molar-refractivity contribution < 1.29 is 14.7 Å². The number of hydrogen-bond donors (Lipinski definition) is 2. The van der Waals surface area contributed by atoms with E-state index >= 15 is 0 Å². The molecule has 0 aliphatic carbocycles.